The number of nitro benzene ring substituents is 1. The molecule has 3 atom stereocenters. The van der Waals surface area contributed by atoms with Gasteiger partial charge >= 0.3 is 0 Å². The van der Waals surface area contributed by atoms with E-state index in [9.17, 15) is 29.3 Å². The van der Waals surface area contributed by atoms with E-state index in [4.69, 9.17) is 11.6 Å². The van der Waals surface area contributed by atoms with E-state index in [1.165, 1.54) is 48.5 Å². The number of hydrazine groups is 1. The maximum absolute atomic E-state index is 13.4. The average Bonchev–Trinajstić information content (AvgIpc) is 3.08. The van der Waals surface area contributed by atoms with E-state index in [1.807, 2.05) is 19.1 Å². The maximum Gasteiger partial charge on any atom is 0.273 e. The number of hydrogen-bond donors (Lipinski definition) is 0. The molecule has 2 aromatic rings. The Morgan fingerprint density at radius 2 is 1.68 bits per heavy atom. The van der Waals surface area contributed by atoms with Gasteiger partial charge in [-0.25, -0.2) is 5.01 Å². The van der Waals surface area contributed by atoms with Gasteiger partial charge in [0.2, 0.25) is 0 Å². The Morgan fingerprint density at radius 3 is 2.26 bits per heavy atom. The lowest BCUT2D eigenvalue weighted by Gasteiger charge is -2.30. The predicted octanol–water partition coefficient (Wildman–Crippen LogP) is 3.69. The Hall–Kier alpha value is -3.85. The lowest BCUT2D eigenvalue weighted by atomic mass is 9.78. The SMILES string of the molecule is C[C@@H]1C=CC[C@@H]2C(=O)N(N(CC(=O)c3ccc([N+](=O)[O-])cc3)C(=O)c3ccc(Cl)cc3)C(=O)[C@@H]12. The van der Waals surface area contributed by atoms with Crippen molar-refractivity contribution in [1.82, 2.24) is 10.0 Å². The third-order valence-corrected chi connectivity index (χ3v) is 6.36. The zero-order valence-corrected chi connectivity index (χ0v) is 18.8. The molecular weight excluding hydrogens is 462 g/mol. The van der Waals surface area contributed by atoms with Gasteiger partial charge in [0.05, 0.1) is 16.8 Å². The van der Waals surface area contributed by atoms with Gasteiger partial charge in [0.25, 0.3) is 23.4 Å². The molecule has 10 heteroatoms. The molecule has 0 N–H and O–H groups in total. The minimum atomic E-state index is -0.715. The number of carbonyl (C=O) groups is 4. The lowest BCUT2D eigenvalue weighted by molar-refractivity contribution is -0.384. The molecule has 1 aliphatic heterocycles. The molecule has 2 aromatic carbocycles. The molecule has 34 heavy (non-hydrogen) atoms. The summed E-state index contributed by atoms with van der Waals surface area (Å²) >= 11 is 5.91. The van der Waals surface area contributed by atoms with E-state index < -0.39 is 46.8 Å². The fourth-order valence-electron chi connectivity index (χ4n) is 4.34. The first-order valence-corrected chi connectivity index (χ1v) is 11.0. The standard InChI is InChI=1S/C24H20ClN3O6/c1-14-3-2-4-19-21(14)24(32)27(23(19)31)26(22(30)16-5-9-17(25)10-6-16)13-20(29)15-7-11-18(12-8-15)28(33)34/h2-3,5-12,14,19,21H,4,13H2,1H3/t14-,19+,21+/m1/s1. The van der Waals surface area contributed by atoms with E-state index in [2.05, 4.69) is 0 Å². The van der Waals surface area contributed by atoms with Crippen LogP contribution < -0.4 is 0 Å². The van der Waals surface area contributed by atoms with E-state index in [0.717, 1.165) is 10.0 Å². The Labute approximate surface area is 199 Å². The Morgan fingerprint density at radius 1 is 1.06 bits per heavy atom. The lowest BCUT2D eigenvalue weighted by Crippen LogP contribution is -2.52. The molecule has 0 radical (unpaired) electrons. The van der Waals surface area contributed by atoms with Crippen molar-refractivity contribution in [2.75, 3.05) is 6.54 Å². The summed E-state index contributed by atoms with van der Waals surface area (Å²) in [7, 11) is 0. The summed E-state index contributed by atoms with van der Waals surface area (Å²) in [6.07, 6.45) is 4.08. The van der Waals surface area contributed by atoms with Gasteiger partial charge in [0, 0.05) is 28.3 Å². The van der Waals surface area contributed by atoms with Gasteiger partial charge in [0.15, 0.2) is 5.78 Å². The minimum absolute atomic E-state index is 0.103. The van der Waals surface area contributed by atoms with Gasteiger partial charge < -0.3 is 0 Å². The fourth-order valence-corrected chi connectivity index (χ4v) is 4.47. The predicted molar refractivity (Wildman–Crippen MR) is 122 cm³/mol. The molecule has 3 amide bonds. The molecule has 174 valence electrons. The van der Waals surface area contributed by atoms with Crippen LogP contribution in [-0.2, 0) is 9.59 Å². The fraction of sp³-hybridized carbons (Fsp3) is 0.250. The number of nitro groups is 1. The van der Waals surface area contributed by atoms with Crippen molar-refractivity contribution in [2.24, 2.45) is 17.8 Å². The number of nitrogens with zero attached hydrogens (tertiary/aromatic N) is 3. The molecule has 0 aromatic heterocycles. The summed E-state index contributed by atoms with van der Waals surface area (Å²) in [6.45, 7) is 1.23. The van der Waals surface area contributed by atoms with Crippen LogP contribution in [0.4, 0.5) is 5.69 Å². The third kappa shape index (κ3) is 4.22. The molecule has 1 aliphatic carbocycles. The highest BCUT2D eigenvalue weighted by Gasteiger charge is 2.53. The second kappa shape index (κ2) is 9.18. The second-order valence-electron chi connectivity index (χ2n) is 8.24. The first-order chi connectivity index (χ1) is 16.2. The largest absolute Gasteiger partial charge is 0.292 e. The van der Waals surface area contributed by atoms with Crippen LogP contribution in [0.2, 0.25) is 5.02 Å². The number of carbonyl (C=O) groups excluding carboxylic acids is 4. The highest BCUT2D eigenvalue weighted by molar-refractivity contribution is 6.30. The first kappa shape index (κ1) is 23.3. The van der Waals surface area contributed by atoms with Crippen molar-refractivity contribution in [3.05, 3.63) is 86.9 Å². The number of allylic oxidation sites excluding steroid dienone is 2. The number of rotatable bonds is 6. The number of benzene rings is 2. The van der Waals surface area contributed by atoms with E-state index >= 15 is 0 Å². The second-order valence-corrected chi connectivity index (χ2v) is 8.68. The third-order valence-electron chi connectivity index (χ3n) is 6.11. The van der Waals surface area contributed by atoms with Crippen LogP contribution >= 0.6 is 11.6 Å². The quantitative estimate of drug-likeness (QED) is 0.204. The summed E-state index contributed by atoms with van der Waals surface area (Å²) in [5.41, 5.74) is 0.0507. The molecule has 2 aliphatic rings. The summed E-state index contributed by atoms with van der Waals surface area (Å²) in [5, 5.41) is 12.9. The van der Waals surface area contributed by atoms with Crippen LogP contribution in [0.25, 0.3) is 0 Å². The first-order valence-electron chi connectivity index (χ1n) is 10.6. The maximum atomic E-state index is 13.4. The van der Waals surface area contributed by atoms with Gasteiger partial charge in [-0.1, -0.05) is 30.7 Å². The molecule has 1 fully saturated rings. The number of ketones is 1. The molecule has 0 saturated carbocycles. The van der Waals surface area contributed by atoms with Gasteiger partial charge in [0.1, 0.15) is 6.54 Å². The number of hydrogen-bond acceptors (Lipinski definition) is 6. The summed E-state index contributed by atoms with van der Waals surface area (Å²) in [4.78, 5) is 63.3. The van der Waals surface area contributed by atoms with Crippen LogP contribution in [0.1, 0.15) is 34.1 Å². The number of fused-ring (bicyclic) bond motifs is 1. The Kier molecular flexibility index (Phi) is 6.30. The number of amides is 3. The van der Waals surface area contributed by atoms with Crippen molar-refractivity contribution >= 4 is 40.8 Å². The molecule has 4 rings (SSSR count). The van der Waals surface area contributed by atoms with Crippen LogP contribution in [0.5, 0.6) is 0 Å². The van der Waals surface area contributed by atoms with Gasteiger partial charge in [-0.05, 0) is 48.7 Å². The van der Waals surface area contributed by atoms with Crippen LogP contribution in [0.3, 0.4) is 0 Å². The highest BCUT2D eigenvalue weighted by Crippen LogP contribution is 2.39. The normalized spacial score (nSPS) is 21.4. The minimum Gasteiger partial charge on any atom is -0.292 e. The van der Waals surface area contributed by atoms with Crippen LogP contribution in [0.15, 0.2) is 60.7 Å². The molecular formula is C24H20ClN3O6. The number of imide groups is 1. The smallest absolute Gasteiger partial charge is 0.273 e. The molecule has 0 unspecified atom stereocenters. The summed E-state index contributed by atoms with van der Waals surface area (Å²) in [5.74, 6) is -3.80. The van der Waals surface area contributed by atoms with Crippen molar-refractivity contribution in [3.8, 4) is 0 Å². The van der Waals surface area contributed by atoms with E-state index in [-0.39, 0.29) is 22.7 Å². The monoisotopic (exact) mass is 481 g/mol. The Bertz CT molecular complexity index is 1210. The van der Waals surface area contributed by atoms with E-state index in [1.54, 1.807) is 0 Å². The van der Waals surface area contributed by atoms with Gasteiger partial charge in [-0.15, -0.1) is 0 Å². The van der Waals surface area contributed by atoms with Crippen molar-refractivity contribution in [1.29, 1.82) is 0 Å². The number of non-ortho nitro benzene ring substituents is 1. The zero-order chi connectivity index (χ0) is 24.6. The number of Topliss-reactive ketones (excluding diaryl/α,β-unsaturated/α-hetero) is 1. The molecule has 0 spiro atoms. The molecule has 1 saturated heterocycles. The van der Waals surface area contributed by atoms with Crippen LogP contribution in [0, 0.1) is 27.9 Å². The topological polar surface area (TPSA) is 118 Å². The molecule has 1 heterocycles. The summed E-state index contributed by atoms with van der Waals surface area (Å²) in [6, 6.07) is 10.7. The molecule has 0 bridgehead atoms. The van der Waals surface area contributed by atoms with Crippen molar-refractivity contribution in [2.45, 2.75) is 13.3 Å². The van der Waals surface area contributed by atoms with Gasteiger partial charge in [-0.2, -0.15) is 5.01 Å². The van der Waals surface area contributed by atoms with E-state index in [0.29, 0.717) is 11.4 Å². The highest BCUT2D eigenvalue weighted by atomic mass is 35.5. The zero-order valence-electron chi connectivity index (χ0n) is 18.1. The number of halogens is 1. The van der Waals surface area contributed by atoms with Crippen molar-refractivity contribution < 1.29 is 24.1 Å². The Balaban J connectivity index is 1.68. The van der Waals surface area contributed by atoms with Gasteiger partial charge in [-0.3, -0.25) is 29.3 Å². The van der Waals surface area contributed by atoms with Crippen molar-refractivity contribution in [3.63, 3.8) is 0 Å². The molecule has 9 nitrogen and oxygen atoms in total. The summed E-state index contributed by atoms with van der Waals surface area (Å²) < 4.78 is 0. The van der Waals surface area contributed by atoms with Crippen LogP contribution in [-0.4, -0.2) is 45.0 Å². The average molecular weight is 482 g/mol.